The molecule has 1 heteroatoms. The average Bonchev–Trinajstić information content (AvgIpc) is 2.25. The van der Waals surface area contributed by atoms with E-state index in [1.165, 1.54) is 0 Å². The molecule has 0 rings (SSSR count). The van der Waals surface area contributed by atoms with Gasteiger partial charge in [-0.1, -0.05) is 36.5 Å². The van der Waals surface area contributed by atoms with Gasteiger partial charge in [0.15, 0.2) is 5.78 Å². The second kappa shape index (κ2) is 7.61. The molecular formula is C16H22O. The summed E-state index contributed by atoms with van der Waals surface area (Å²) in [5, 5.41) is 0. The van der Waals surface area contributed by atoms with Crippen LogP contribution in [-0.4, -0.2) is 5.78 Å². The van der Waals surface area contributed by atoms with Crippen molar-refractivity contribution < 1.29 is 4.79 Å². The third-order valence-corrected chi connectivity index (χ3v) is 2.43. The number of Topliss-reactive ketones (excluding diaryl/α,β-unsaturated/α-hetero) is 1. The van der Waals surface area contributed by atoms with Crippen molar-refractivity contribution in [3.05, 3.63) is 59.3 Å². The van der Waals surface area contributed by atoms with Crippen LogP contribution in [0.2, 0.25) is 0 Å². The summed E-state index contributed by atoms with van der Waals surface area (Å²) in [6.07, 6.45) is 9.73. The molecule has 0 saturated carbocycles. The first-order valence-corrected chi connectivity index (χ1v) is 5.78. The van der Waals surface area contributed by atoms with Crippen molar-refractivity contribution in [1.29, 1.82) is 0 Å². The Balaban J connectivity index is 5.01. The van der Waals surface area contributed by atoms with Crippen molar-refractivity contribution in [3.63, 3.8) is 0 Å². The average molecular weight is 230 g/mol. The first kappa shape index (κ1) is 15.4. The lowest BCUT2D eigenvalue weighted by Crippen LogP contribution is -1.94. The molecule has 0 aromatic carbocycles. The number of allylic oxidation sites excluding steroid dienone is 9. The smallest absolute Gasteiger partial charge is 0.159 e. The molecule has 0 spiro atoms. The second-order valence-electron chi connectivity index (χ2n) is 4.04. The van der Waals surface area contributed by atoms with Crippen molar-refractivity contribution in [2.75, 3.05) is 0 Å². The first-order chi connectivity index (χ1) is 7.92. The Bertz CT molecular complexity index is 415. The van der Waals surface area contributed by atoms with E-state index in [2.05, 4.69) is 6.58 Å². The van der Waals surface area contributed by atoms with Crippen LogP contribution < -0.4 is 0 Å². The minimum atomic E-state index is 0.0776. The number of rotatable bonds is 5. The Hall–Kier alpha value is -1.63. The van der Waals surface area contributed by atoms with Crippen molar-refractivity contribution in [2.45, 2.75) is 34.6 Å². The van der Waals surface area contributed by atoms with Crippen LogP contribution in [0.25, 0.3) is 0 Å². The van der Waals surface area contributed by atoms with Gasteiger partial charge in [-0.15, -0.1) is 0 Å². The molecule has 0 heterocycles. The van der Waals surface area contributed by atoms with Crippen LogP contribution in [0.15, 0.2) is 59.3 Å². The molecule has 0 unspecified atom stereocenters. The third-order valence-electron chi connectivity index (χ3n) is 2.43. The Morgan fingerprint density at radius 2 is 1.65 bits per heavy atom. The van der Waals surface area contributed by atoms with Gasteiger partial charge in [0.1, 0.15) is 0 Å². The maximum atomic E-state index is 11.3. The van der Waals surface area contributed by atoms with E-state index in [9.17, 15) is 4.79 Å². The monoisotopic (exact) mass is 230 g/mol. The van der Waals surface area contributed by atoms with Crippen molar-refractivity contribution >= 4 is 5.78 Å². The molecule has 0 fully saturated rings. The zero-order valence-corrected chi connectivity index (χ0v) is 11.5. The van der Waals surface area contributed by atoms with E-state index < -0.39 is 0 Å². The van der Waals surface area contributed by atoms with E-state index in [0.29, 0.717) is 0 Å². The maximum absolute atomic E-state index is 11.3. The minimum Gasteiger partial charge on any atom is -0.295 e. The summed E-state index contributed by atoms with van der Waals surface area (Å²) >= 11 is 0. The summed E-state index contributed by atoms with van der Waals surface area (Å²) in [6.45, 7) is 13.4. The zero-order chi connectivity index (χ0) is 13.4. The van der Waals surface area contributed by atoms with Crippen LogP contribution in [0.3, 0.4) is 0 Å². The lowest BCUT2D eigenvalue weighted by molar-refractivity contribution is -0.113. The summed E-state index contributed by atoms with van der Waals surface area (Å²) in [5.41, 5.74) is 3.81. The highest BCUT2D eigenvalue weighted by atomic mass is 16.1. The number of carbonyl (C=O) groups excluding carboxylic acids is 1. The molecule has 0 aromatic heterocycles. The van der Waals surface area contributed by atoms with Gasteiger partial charge in [0, 0.05) is 5.57 Å². The van der Waals surface area contributed by atoms with E-state index in [-0.39, 0.29) is 5.78 Å². The Morgan fingerprint density at radius 1 is 1.06 bits per heavy atom. The molecule has 0 bridgehead atoms. The van der Waals surface area contributed by atoms with Gasteiger partial charge in [-0.3, -0.25) is 4.79 Å². The summed E-state index contributed by atoms with van der Waals surface area (Å²) in [6, 6.07) is 0. The predicted molar refractivity (Wildman–Crippen MR) is 75.9 cm³/mol. The van der Waals surface area contributed by atoms with Crippen molar-refractivity contribution in [2.24, 2.45) is 0 Å². The first-order valence-electron chi connectivity index (χ1n) is 5.78. The number of carbonyl (C=O) groups is 1. The quantitative estimate of drug-likeness (QED) is 0.500. The number of ketones is 1. The molecule has 0 radical (unpaired) electrons. The fraction of sp³-hybridized carbons (Fsp3) is 0.312. The van der Waals surface area contributed by atoms with Gasteiger partial charge in [-0.2, -0.15) is 0 Å². The standard InChI is InChI=1S/C16H22O/c1-7-9-12(3)10-13(4)14(5)11-16(8-2)15(6)17/h7-11H,4H2,1-3,5-6H3. The molecule has 0 N–H and O–H groups in total. The van der Waals surface area contributed by atoms with Gasteiger partial charge in [-0.25, -0.2) is 0 Å². The van der Waals surface area contributed by atoms with E-state index in [4.69, 9.17) is 0 Å². The molecule has 1 nitrogen and oxygen atoms in total. The molecule has 0 saturated heterocycles. The molecule has 0 amide bonds. The summed E-state index contributed by atoms with van der Waals surface area (Å²) < 4.78 is 0. The lowest BCUT2D eigenvalue weighted by atomic mass is 10.0. The van der Waals surface area contributed by atoms with Gasteiger partial charge in [0.2, 0.25) is 0 Å². The largest absolute Gasteiger partial charge is 0.295 e. The summed E-state index contributed by atoms with van der Waals surface area (Å²) in [4.78, 5) is 11.3. The highest BCUT2D eigenvalue weighted by Crippen LogP contribution is 2.14. The molecule has 0 atom stereocenters. The van der Waals surface area contributed by atoms with Gasteiger partial charge >= 0.3 is 0 Å². The molecule has 0 aromatic rings. The van der Waals surface area contributed by atoms with E-state index >= 15 is 0 Å². The SMILES string of the molecule is C=C(C=C(C)C=CC)C(C)=CC(=CC)C(C)=O. The van der Waals surface area contributed by atoms with Gasteiger partial charge in [-0.05, 0) is 51.8 Å². The molecular weight excluding hydrogens is 208 g/mol. The van der Waals surface area contributed by atoms with Gasteiger partial charge in [0.05, 0.1) is 0 Å². The fourth-order valence-corrected chi connectivity index (χ4v) is 1.41. The third kappa shape index (κ3) is 5.86. The number of hydrogen-bond acceptors (Lipinski definition) is 1. The van der Waals surface area contributed by atoms with E-state index in [1.807, 2.05) is 58.1 Å². The predicted octanol–water partition coefficient (Wildman–Crippen LogP) is 4.55. The van der Waals surface area contributed by atoms with Crippen LogP contribution >= 0.6 is 0 Å². The Morgan fingerprint density at radius 3 is 2.06 bits per heavy atom. The van der Waals surface area contributed by atoms with Crippen LogP contribution in [0.5, 0.6) is 0 Å². The van der Waals surface area contributed by atoms with Crippen LogP contribution in [0.4, 0.5) is 0 Å². The zero-order valence-electron chi connectivity index (χ0n) is 11.5. The second-order valence-corrected chi connectivity index (χ2v) is 4.04. The molecule has 0 aliphatic rings. The molecule has 92 valence electrons. The van der Waals surface area contributed by atoms with Crippen LogP contribution in [-0.2, 0) is 4.79 Å². The lowest BCUT2D eigenvalue weighted by Gasteiger charge is -2.03. The normalized spacial score (nSPS) is 14.3. The topological polar surface area (TPSA) is 17.1 Å². The maximum Gasteiger partial charge on any atom is 0.159 e. The fourth-order valence-electron chi connectivity index (χ4n) is 1.41. The highest BCUT2D eigenvalue weighted by molar-refractivity contribution is 5.96. The Labute approximate surface area is 105 Å². The highest BCUT2D eigenvalue weighted by Gasteiger charge is 2.00. The number of hydrogen-bond donors (Lipinski definition) is 0. The molecule has 0 aliphatic heterocycles. The summed E-state index contributed by atoms with van der Waals surface area (Å²) in [5.74, 6) is 0.0776. The van der Waals surface area contributed by atoms with Crippen LogP contribution in [0, 0.1) is 0 Å². The Kier molecular flexibility index (Phi) is 6.88. The van der Waals surface area contributed by atoms with Gasteiger partial charge < -0.3 is 0 Å². The summed E-state index contributed by atoms with van der Waals surface area (Å²) in [7, 11) is 0. The molecule has 17 heavy (non-hydrogen) atoms. The van der Waals surface area contributed by atoms with Crippen molar-refractivity contribution in [1.82, 2.24) is 0 Å². The van der Waals surface area contributed by atoms with Crippen LogP contribution in [0.1, 0.15) is 34.6 Å². The van der Waals surface area contributed by atoms with Gasteiger partial charge in [0.25, 0.3) is 0 Å². The van der Waals surface area contributed by atoms with E-state index in [1.54, 1.807) is 6.92 Å². The van der Waals surface area contributed by atoms with Crippen molar-refractivity contribution in [3.8, 4) is 0 Å². The van der Waals surface area contributed by atoms with E-state index in [0.717, 1.165) is 22.3 Å². The molecule has 0 aliphatic carbocycles. The minimum absolute atomic E-state index is 0.0776.